The molecule has 0 unspecified atom stereocenters. The van der Waals surface area contributed by atoms with Crippen molar-refractivity contribution < 1.29 is 17.6 Å². The second kappa shape index (κ2) is 10.2. The smallest absolute Gasteiger partial charge is 0.256 e. The molecule has 0 spiro atoms. The van der Waals surface area contributed by atoms with Gasteiger partial charge in [-0.05, 0) is 67.4 Å². The van der Waals surface area contributed by atoms with Crippen LogP contribution in [-0.4, -0.2) is 36.7 Å². The van der Waals surface area contributed by atoms with Crippen LogP contribution >= 0.6 is 0 Å². The molecule has 3 aromatic carbocycles. The topological polar surface area (TPSA) is 79.4 Å². The molecule has 1 aliphatic heterocycles. The van der Waals surface area contributed by atoms with Crippen molar-refractivity contribution in [2.24, 2.45) is 0 Å². The van der Waals surface area contributed by atoms with Crippen molar-refractivity contribution in [1.82, 2.24) is 9.29 Å². The average Bonchev–Trinajstić information content (AvgIpc) is 3.19. The summed E-state index contributed by atoms with van der Waals surface area (Å²) in [5, 5.41) is 3.52. The van der Waals surface area contributed by atoms with E-state index < -0.39 is 10.0 Å². The predicted molar refractivity (Wildman–Crippen MR) is 139 cm³/mol. The maximum absolute atomic E-state index is 13.4. The van der Waals surface area contributed by atoms with E-state index in [1.165, 1.54) is 22.5 Å². The van der Waals surface area contributed by atoms with Gasteiger partial charge in [0.2, 0.25) is 10.0 Å². The quantitative estimate of drug-likeness (QED) is 0.370. The van der Waals surface area contributed by atoms with Gasteiger partial charge in [0.1, 0.15) is 5.82 Å². The molecule has 1 fully saturated rings. The zero-order chi connectivity index (χ0) is 25.1. The number of anilines is 1. The summed E-state index contributed by atoms with van der Waals surface area (Å²) in [5.74, 6) is -0.742. The first-order chi connectivity index (χ1) is 17.4. The van der Waals surface area contributed by atoms with E-state index in [2.05, 4.69) is 10.3 Å². The van der Waals surface area contributed by atoms with Gasteiger partial charge in [0.25, 0.3) is 5.91 Å². The number of amides is 1. The summed E-state index contributed by atoms with van der Waals surface area (Å²) in [7, 11) is -3.65. The lowest BCUT2D eigenvalue weighted by atomic mass is 10.0. The zero-order valence-electron chi connectivity index (χ0n) is 19.7. The van der Waals surface area contributed by atoms with Gasteiger partial charge < -0.3 is 5.32 Å². The van der Waals surface area contributed by atoms with Gasteiger partial charge in [-0.25, -0.2) is 17.8 Å². The highest BCUT2D eigenvalue weighted by molar-refractivity contribution is 7.89. The second-order valence-electron chi connectivity index (χ2n) is 8.88. The fraction of sp³-hybridized carbons (Fsp3) is 0.214. The molecule has 2 heterocycles. The molecule has 0 atom stereocenters. The van der Waals surface area contributed by atoms with Crippen molar-refractivity contribution >= 4 is 32.5 Å². The predicted octanol–water partition coefficient (Wildman–Crippen LogP) is 5.86. The lowest BCUT2D eigenvalue weighted by Crippen LogP contribution is -2.32. The van der Waals surface area contributed by atoms with Gasteiger partial charge in [-0.1, -0.05) is 37.1 Å². The summed E-state index contributed by atoms with van der Waals surface area (Å²) in [5.41, 5.74) is 2.63. The Bertz CT molecular complexity index is 1510. The van der Waals surface area contributed by atoms with Crippen LogP contribution in [0.3, 0.4) is 0 Å². The van der Waals surface area contributed by atoms with E-state index in [1.54, 1.807) is 36.4 Å². The third-order valence-corrected chi connectivity index (χ3v) is 8.29. The van der Waals surface area contributed by atoms with Crippen LogP contribution < -0.4 is 5.32 Å². The number of para-hydroxylation sites is 1. The summed E-state index contributed by atoms with van der Waals surface area (Å²) in [4.78, 5) is 18.2. The van der Waals surface area contributed by atoms with Crippen LogP contribution in [0.15, 0.2) is 83.8 Å². The average molecular weight is 504 g/mol. The first kappa shape index (κ1) is 24.1. The van der Waals surface area contributed by atoms with Crippen LogP contribution in [0.5, 0.6) is 0 Å². The van der Waals surface area contributed by atoms with E-state index in [1.807, 2.05) is 24.3 Å². The SMILES string of the molecule is O=C(Nc1cccc(S(=O)(=O)N2CCCCCC2)c1)c1cc(-c2ccc(F)cc2)nc2ccccc12. The third-order valence-electron chi connectivity index (χ3n) is 6.40. The minimum Gasteiger partial charge on any atom is -0.322 e. The molecule has 1 N–H and O–H groups in total. The molecule has 1 amide bonds. The highest BCUT2D eigenvalue weighted by Gasteiger charge is 2.25. The molecule has 1 aromatic heterocycles. The van der Waals surface area contributed by atoms with Gasteiger partial charge in [-0.2, -0.15) is 4.31 Å². The third kappa shape index (κ3) is 5.01. The van der Waals surface area contributed by atoms with E-state index in [-0.39, 0.29) is 16.6 Å². The number of nitrogens with zero attached hydrogens (tertiary/aromatic N) is 2. The van der Waals surface area contributed by atoms with Crippen molar-refractivity contribution in [2.75, 3.05) is 18.4 Å². The Morgan fingerprint density at radius 2 is 1.58 bits per heavy atom. The van der Waals surface area contributed by atoms with Crippen LogP contribution in [0, 0.1) is 5.82 Å². The van der Waals surface area contributed by atoms with E-state index in [0.29, 0.717) is 46.5 Å². The highest BCUT2D eigenvalue weighted by Crippen LogP contribution is 2.27. The minimum absolute atomic E-state index is 0.161. The number of carbonyl (C=O) groups excluding carboxylic acids is 1. The molecule has 184 valence electrons. The summed E-state index contributed by atoms with van der Waals surface area (Å²) < 4.78 is 41.4. The first-order valence-electron chi connectivity index (χ1n) is 12.0. The van der Waals surface area contributed by atoms with Crippen LogP contribution in [0.25, 0.3) is 22.2 Å². The van der Waals surface area contributed by atoms with E-state index in [4.69, 9.17) is 0 Å². The van der Waals surface area contributed by atoms with Gasteiger partial charge in [0.15, 0.2) is 0 Å². The fourth-order valence-electron chi connectivity index (χ4n) is 4.50. The van der Waals surface area contributed by atoms with Crippen molar-refractivity contribution in [2.45, 2.75) is 30.6 Å². The van der Waals surface area contributed by atoms with Crippen LogP contribution in [-0.2, 0) is 10.0 Å². The number of rotatable bonds is 5. The largest absolute Gasteiger partial charge is 0.322 e. The van der Waals surface area contributed by atoms with Gasteiger partial charge in [-0.3, -0.25) is 4.79 Å². The number of benzene rings is 3. The van der Waals surface area contributed by atoms with Gasteiger partial charge in [0, 0.05) is 29.7 Å². The molecule has 1 aliphatic rings. The molecule has 36 heavy (non-hydrogen) atoms. The fourth-order valence-corrected chi connectivity index (χ4v) is 6.06. The molecule has 1 saturated heterocycles. The number of hydrogen-bond donors (Lipinski definition) is 1. The van der Waals surface area contributed by atoms with Crippen molar-refractivity contribution in [3.8, 4) is 11.3 Å². The molecular weight excluding hydrogens is 477 g/mol. The zero-order valence-corrected chi connectivity index (χ0v) is 20.5. The summed E-state index contributed by atoms with van der Waals surface area (Å²) >= 11 is 0. The number of hydrogen-bond acceptors (Lipinski definition) is 4. The van der Waals surface area contributed by atoms with Crippen molar-refractivity contribution in [3.63, 3.8) is 0 Å². The highest BCUT2D eigenvalue weighted by atomic mass is 32.2. The normalized spacial score (nSPS) is 14.9. The van der Waals surface area contributed by atoms with Crippen molar-refractivity contribution in [1.29, 1.82) is 0 Å². The Kier molecular flexibility index (Phi) is 6.80. The Labute approximate surface area is 209 Å². The Hall–Kier alpha value is -3.62. The molecule has 4 aromatic rings. The van der Waals surface area contributed by atoms with Crippen molar-refractivity contribution in [3.05, 3.63) is 90.2 Å². The summed E-state index contributed by atoms with van der Waals surface area (Å²) in [6.45, 7) is 1.02. The van der Waals surface area contributed by atoms with Gasteiger partial charge in [0.05, 0.1) is 21.7 Å². The lowest BCUT2D eigenvalue weighted by Gasteiger charge is -2.20. The van der Waals surface area contributed by atoms with E-state index in [9.17, 15) is 17.6 Å². The maximum atomic E-state index is 13.4. The number of halogens is 1. The molecule has 0 radical (unpaired) electrons. The standard InChI is InChI=1S/C28H26FN3O3S/c29-21-14-12-20(13-15-21)27-19-25(24-10-3-4-11-26(24)31-27)28(33)30-22-8-7-9-23(18-22)36(34,35)32-16-5-1-2-6-17-32/h3-4,7-15,18-19H,1-2,5-6,16-17H2,(H,30,33). The summed E-state index contributed by atoms with van der Waals surface area (Å²) in [6, 6.07) is 21.3. The van der Waals surface area contributed by atoms with Crippen LogP contribution in [0.1, 0.15) is 36.0 Å². The Morgan fingerprint density at radius 1 is 0.861 bits per heavy atom. The molecule has 0 saturated carbocycles. The molecule has 8 heteroatoms. The maximum Gasteiger partial charge on any atom is 0.256 e. The van der Waals surface area contributed by atoms with Crippen LogP contribution in [0.2, 0.25) is 0 Å². The summed E-state index contributed by atoms with van der Waals surface area (Å²) in [6.07, 6.45) is 3.76. The number of fused-ring (bicyclic) bond motifs is 1. The Balaban J connectivity index is 1.47. The molecule has 0 bridgehead atoms. The Morgan fingerprint density at radius 3 is 2.33 bits per heavy atom. The van der Waals surface area contributed by atoms with Crippen LogP contribution in [0.4, 0.5) is 10.1 Å². The number of nitrogens with one attached hydrogen (secondary N) is 1. The molecule has 0 aliphatic carbocycles. The van der Waals surface area contributed by atoms with Gasteiger partial charge in [-0.15, -0.1) is 0 Å². The van der Waals surface area contributed by atoms with Gasteiger partial charge >= 0.3 is 0 Å². The molecule has 5 rings (SSSR count). The van der Waals surface area contributed by atoms with E-state index >= 15 is 0 Å². The minimum atomic E-state index is -3.65. The monoisotopic (exact) mass is 503 g/mol. The number of pyridine rings is 1. The lowest BCUT2D eigenvalue weighted by molar-refractivity contribution is 0.102. The number of aromatic nitrogens is 1. The molecular formula is C28H26FN3O3S. The first-order valence-corrected chi connectivity index (χ1v) is 13.4. The number of sulfonamides is 1. The number of carbonyl (C=O) groups is 1. The van der Waals surface area contributed by atoms with E-state index in [0.717, 1.165) is 25.7 Å². The molecule has 6 nitrogen and oxygen atoms in total. The second-order valence-corrected chi connectivity index (χ2v) is 10.8.